The molecule has 1 aliphatic heterocycles. The molecule has 0 radical (unpaired) electrons. The number of nitrogens with one attached hydrogen (secondary N) is 2. The molecule has 0 saturated carbocycles. The first-order chi connectivity index (χ1) is 8.54. The predicted octanol–water partition coefficient (Wildman–Crippen LogP) is 0.669. The van der Waals surface area contributed by atoms with Gasteiger partial charge in [-0.3, -0.25) is 0 Å². The number of aliphatic carboxylic acids is 1. The average Bonchev–Trinajstić information content (AvgIpc) is 2.70. The zero-order valence-electron chi connectivity index (χ0n) is 10.6. The molecule has 2 amide bonds. The summed E-state index contributed by atoms with van der Waals surface area (Å²) in [5, 5.41) is 14.2. The molecule has 6 nitrogen and oxygen atoms in total. The lowest BCUT2D eigenvalue weighted by Gasteiger charge is -2.19. The van der Waals surface area contributed by atoms with E-state index in [0.29, 0.717) is 18.8 Å². The number of hydrogen-bond acceptors (Lipinski definition) is 4. The Morgan fingerprint density at radius 2 is 2.28 bits per heavy atom. The molecule has 3 atom stereocenters. The van der Waals surface area contributed by atoms with Crippen LogP contribution in [0.4, 0.5) is 4.79 Å². The molecule has 1 fully saturated rings. The van der Waals surface area contributed by atoms with Crippen LogP contribution in [0.5, 0.6) is 0 Å². The van der Waals surface area contributed by atoms with E-state index in [1.54, 1.807) is 11.8 Å². The van der Waals surface area contributed by atoms with Crippen molar-refractivity contribution in [2.45, 2.75) is 38.0 Å². The summed E-state index contributed by atoms with van der Waals surface area (Å²) in [7, 11) is 0. The van der Waals surface area contributed by atoms with E-state index < -0.39 is 18.0 Å². The van der Waals surface area contributed by atoms with Gasteiger partial charge in [-0.1, -0.05) is 0 Å². The van der Waals surface area contributed by atoms with Crippen molar-refractivity contribution in [1.29, 1.82) is 0 Å². The quantitative estimate of drug-likeness (QED) is 0.663. The molecule has 1 aliphatic rings. The number of ether oxygens (including phenoxy) is 1. The van der Waals surface area contributed by atoms with Gasteiger partial charge in [0, 0.05) is 6.61 Å². The Morgan fingerprint density at radius 1 is 1.56 bits per heavy atom. The molecule has 0 aromatic heterocycles. The van der Waals surface area contributed by atoms with Crippen LogP contribution in [0.15, 0.2) is 0 Å². The Hall–Kier alpha value is -0.950. The third kappa shape index (κ3) is 4.73. The monoisotopic (exact) mass is 276 g/mol. The van der Waals surface area contributed by atoms with Gasteiger partial charge in [0.1, 0.15) is 6.04 Å². The lowest BCUT2D eigenvalue weighted by Crippen LogP contribution is -2.50. The first kappa shape index (κ1) is 15.1. The summed E-state index contributed by atoms with van der Waals surface area (Å²) in [6, 6.07) is -1.32. The van der Waals surface area contributed by atoms with E-state index in [1.165, 1.54) is 0 Å². The van der Waals surface area contributed by atoms with Crippen LogP contribution in [-0.2, 0) is 9.53 Å². The molecule has 0 aromatic carbocycles. The lowest BCUT2D eigenvalue weighted by molar-refractivity contribution is -0.139. The number of carbonyl (C=O) groups is 2. The van der Waals surface area contributed by atoms with E-state index in [2.05, 4.69) is 10.6 Å². The molecular formula is C11H20N2O4S. The Balaban J connectivity index is 2.38. The first-order valence-corrected chi connectivity index (χ1v) is 7.34. The van der Waals surface area contributed by atoms with Crippen LogP contribution in [0.3, 0.4) is 0 Å². The van der Waals surface area contributed by atoms with Gasteiger partial charge in [-0.25, -0.2) is 9.59 Å². The zero-order chi connectivity index (χ0) is 13.5. The number of hydrogen-bond donors (Lipinski definition) is 3. The van der Waals surface area contributed by atoms with Crippen LogP contribution < -0.4 is 10.6 Å². The summed E-state index contributed by atoms with van der Waals surface area (Å²) < 4.78 is 5.32. The van der Waals surface area contributed by atoms with Gasteiger partial charge < -0.3 is 20.5 Å². The second kappa shape index (κ2) is 7.48. The molecule has 104 valence electrons. The molecule has 7 heteroatoms. The predicted molar refractivity (Wildman–Crippen MR) is 69.9 cm³/mol. The highest BCUT2D eigenvalue weighted by atomic mass is 32.2. The number of urea groups is 1. The Labute approximate surface area is 111 Å². The fraction of sp³-hybridized carbons (Fsp3) is 0.818. The Morgan fingerprint density at radius 3 is 2.78 bits per heavy atom. The van der Waals surface area contributed by atoms with Crippen molar-refractivity contribution in [2.24, 2.45) is 0 Å². The number of thioether (sulfide) groups is 1. The maximum absolute atomic E-state index is 11.7. The average molecular weight is 276 g/mol. The smallest absolute Gasteiger partial charge is 0.326 e. The maximum atomic E-state index is 11.7. The first-order valence-electron chi connectivity index (χ1n) is 5.95. The molecule has 1 saturated heterocycles. The topological polar surface area (TPSA) is 87.7 Å². The highest BCUT2D eigenvalue weighted by molar-refractivity contribution is 7.98. The van der Waals surface area contributed by atoms with Gasteiger partial charge in [0.15, 0.2) is 0 Å². The van der Waals surface area contributed by atoms with E-state index in [0.717, 1.165) is 6.42 Å². The molecule has 1 heterocycles. The summed E-state index contributed by atoms with van der Waals surface area (Å²) in [4.78, 5) is 22.6. The number of carbonyl (C=O) groups excluding carboxylic acids is 1. The lowest BCUT2D eigenvalue weighted by atomic mass is 10.1. The normalized spacial score (nSPS) is 24.6. The fourth-order valence-electron chi connectivity index (χ4n) is 1.78. The summed E-state index contributed by atoms with van der Waals surface area (Å²) in [6.07, 6.45) is 3.05. The van der Waals surface area contributed by atoms with Crippen LogP contribution in [0.1, 0.15) is 19.8 Å². The van der Waals surface area contributed by atoms with Gasteiger partial charge >= 0.3 is 12.0 Å². The van der Waals surface area contributed by atoms with E-state index in [4.69, 9.17) is 9.84 Å². The van der Waals surface area contributed by atoms with Crippen LogP contribution >= 0.6 is 11.8 Å². The van der Waals surface area contributed by atoms with Crippen molar-refractivity contribution in [2.75, 3.05) is 18.6 Å². The summed E-state index contributed by atoms with van der Waals surface area (Å²) in [6.45, 7) is 2.52. The highest BCUT2D eigenvalue weighted by Crippen LogP contribution is 2.12. The minimum Gasteiger partial charge on any atom is -0.480 e. The van der Waals surface area contributed by atoms with Crippen molar-refractivity contribution in [3.05, 3.63) is 0 Å². The standard InChI is InChI=1S/C11H20N2O4S/c1-7-8(3-5-17-7)12-11(16)13-9(10(14)15)4-6-18-2/h7-9H,3-6H2,1-2H3,(H,14,15)(H2,12,13,16)/t7?,8?,9-/m1/s1. The van der Waals surface area contributed by atoms with Crippen molar-refractivity contribution in [3.8, 4) is 0 Å². The van der Waals surface area contributed by atoms with E-state index in [1.807, 2.05) is 13.2 Å². The van der Waals surface area contributed by atoms with E-state index in [9.17, 15) is 9.59 Å². The Bertz CT molecular complexity index is 301. The van der Waals surface area contributed by atoms with Crippen molar-refractivity contribution in [1.82, 2.24) is 10.6 Å². The number of amides is 2. The molecule has 1 rings (SSSR count). The SMILES string of the molecule is CSCC[C@@H](NC(=O)NC1CCOC1C)C(=O)O. The highest BCUT2D eigenvalue weighted by Gasteiger charge is 2.27. The van der Waals surface area contributed by atoms with E-state index >= 15 is 0 Å². The fourth-order valence-corrected chi connectivity index (χ4v) is 2.25. The van der Waals surface area contributed by atoms with Crippen LogP contribution in [-0.4, -0.2) is 53.9 Å². The second-order valence-electron chi connectivity index (χ2n) is 4.26. The molecule has 2 unspecified atom stereocenters. The summed E-state index contributed by atoms with van der Waals surface area (Å²) in [5.41, 5.74) is 0. The van der Waals surface area contributed by atoms with Crippen molar-refractivity contribution < 1.29 is 19.4 Å². The molecule has 18 heavy (non-hydrogen) atoms. The van der Waals surface area contributed by atoms with Crippen molar-refractivity contribution in [3.63, 3.8) is 0 Å². The van der Waals surface area contributed by atoms with Crippen molar-refractivity contribution >= 4 is 23.8 Å². The largest absolute Gasteiger partial charge is 0.480 e. The number of rotatable bonds is 6. The van der Waals surface area contributed by atoms with Crippen LogP contribution in [0, 0.1) is 0 Å². The summed E-state index contributed by atoms with van der Waals surface area (Å²) >= 11 is 1.55. The van der Waals surface area contributed by atoms with Gasteiger partial charge in [0.05, 0.1) is 12.1 Å². The van der Waals surface area contributed by atoms with Crippen LogP contribution in [0.2, 0.25) is 0 Å². The van der Waals surface area contributed by atoms with Gasteiger partial charge in [0.25, 0.3) is 0 Å². The van der Waals surface area contributed by atoms with Gasteiger partial charge in [-0.2, -0.15) is 11.8 Å². The zero-order valence-corrected chi connectivity index (χ0v) is 11.5. The molecule has 3 N–H and O–H groups in total. The molecule has 0 bridgehead atoms. The second-order valence-corrected chi connectivity index (χ2v) is 5.25. The minimum absolute atomic E-state index is 0.0229. The van der Waals surface area contributed by atoms with Crippen LogP contribution in [0.25, 0.3) is 0 Å². The summed E-state index contributed by atoms with van der Waals surface area (Å²) in [5.74, 6) is -0.310. The third-order valence-electron chi connectivity index (χ3n) is 2.91. The Kier molecular flexibility index (Phi) is 6.28. The third-order valence-corrected chi connectivity index (χ3v) is 3.55. The number of carboxylic acids is 1. The van der Waals surface area contributed by atoms with Gasteiger partial charge in [-0.05, 0) is 31.8 Å². The minimum atomic E-state index is -1.00. The molecule has 0 aliphatic carbocycles. The van der Waals surface area contributed by atoms with Gasteiger partial charge in [-0.15, -0.1) is 0 Å². The van der Waals surface area contributed by atoms with E-state index in [-0.39, 0.29) is 12.1 Å². The van der Waals surface area contributed by atoms with Gasteiger partial charge in [0.2, 0.25) is 0 Å². The molecule has 0 aromatic rings. The number of carboxylic acid groups (broad SMARTS) is 1. The molecular weight excluding hydrogens is 256 g/mol. The maximum Gasteiger partial charge on any atom is 0.326 e. The molecule has 0 spiro atoms.